The lowest BCUT2D eigenvalue weighted by Crippen LogP contribution is -2.42. The molecule has 1 unspecified atom stereocenters. The zero-order chi connectivity index (χ0) is 29.3. The topological polar surface area (TPSA) is 117 Å². The highest BCUT2D eigenvalue weighted by Crippen LogP contribution is 2.35. The van der Waals surface area contributed by atoms with Gasteiger partial charge in [-0.3, -0.25) is 13.8 Å². The fraction of sp³-hybridized carbons (Fsp3) is 0.233. The van der Waals surface area contributed by atoms with E-state index in [9.17, 15) is 23.7 Å². The molecule has 1 aromatic heterocycles. The average molecular weight is 614 g/mol. The van der Waals surface area contributed by atoms with Crippen LogP contribution in [-0.4, -0.2) is 50.3 Å². The van der Waals surface area contributed by atoms with Crippen LogP contribution in [0, 0.1) is 0 Å². The standard InChI is InChI=1S/C30H26Cl2N2O6S/c1-2-41(39)21-5-3-4-17(12-21)13-24(30(37)38)33-28(35)26-23(31)14-20-16-34(10-8-22(20)27(26)32)29(36)19-7-6-18-9-11-40-25(18)15-19/h3-7,9,11-12,14-15,24H,2,8,10,13,16H2,1H3,(H,33,35)(H,37,38)/t24-,41?/m0/s1. The number of rotatable bonds is 8. The lowest BCUT2D eigenvalue weighted by molar-refractivity contribution is -0.139. The summed E-state index contributed by atoms with van der Waals surface area (Å²) < 4.78 is 17.6. The summed E-state index contributed by atoms with van der Waals surface area (Å²) in [5.74, 6) is -1.68. The summed E-state index contributed by atoms with van der Waals surface area (Å²) in [7, 11) is -1.19. The van der Waals surface area contributed by atoms with E-state index in [0.29, 0.717) is 51.5 Å². The van der Waals surface area contributed by atoms with Crippen molar-refractivity contribution in [2.24, 2.45) is 0 Å². The van der Waals surface area contributed by atoms with Gasteiger partial charge in [0.25, 0.3) is 11.8 Å². The number of nitrogens with zero attached hydrogens (tertiary/aromatic N) is 1. The zero-order valence-electron chi connectivity index (χ0n) is 22.0. The molecule has 41 heavy (non-hydrogen) atoms. The predicted octanol–water partition coefficient (Wildman–Crippen LogP) is 5.49. The Hall–Kier alpha value is -3.66. The molecule has 0 saturated carbocycles. The van der Waals surface area contributed by atoms with Crippen LogP contribution in [0.2, 0.25) is 10.0 Å². The number of carbonyl (C=O) groups excluding carboxylic acids is 2. The summed E-state index contributed by atoms with van der Waals surface area (Å²) in [5.41, 5.74) is 3.13. The molecule has 0 fully saturated rings. The van der Waals surface area contributed by atoms with E-state index in [4.69, 9.17) is 27.6 Å². The van der Waals surface area contributed by atoms with Gasteiger partial charge in [-0.1, -0.05) is 48.3 Å². The summed E-state index contributed by atoms with van der Waals surface area (Å²) in [6.45, 7) is 2.42. The molecule has 212 valence electrons. The molecule has 2 amide bonds. The quantitative estimate of drug-likeness (QED) is 0.272. The number of carboxylic acid groups (broad SMARTS) is 1. The summed E-state index contributed by atoms with van der Waals surface area (Å²) in [6, 6.07) is 14.3. The molecule has 1 aliphatic rings. The number of aliphatic carboxylic acids is 1. The summed E-state index contributed by atoms with van der Waals surface area (Å²) >= 11 is 13.2. The number of furan rings is 1. The molecule has 3 aromatic carbocycles. The lowest BCUT2D eigenvalue weighted by atomic mass is 9.95. The van der Waals surface area contributed by atoms with Crippen LogP contribution >= 0.6 is 23.2 Å². The molecule has 1 aliphatic heterocycles. The first kappa shape index (κ1) is 28.9. The molecular weight excluding hydrogens is 587 g/mol. The highest BCUT2D eigenvalue weighted by Gasteiger charge is 2.30. The van der Waals surface area contributed by atoms with Crippen LogP contribution in [0.5, 0.6) is 0 Å². The van der Waals surface area contributed by atoms with Crippen molar-refractivity contribution in [3.63, 3.8) is 0 Å². The molecule has 4 aromatic rings. The number of amides is 2. The van der Waals surface area contributed by atoms with Gasteiger partial charge in [0.15, 0.2) is 0 Å². The van der Waals surface area contributed by atoms with Crippen molar-refractivity contribution in [2.75, 3.05) is 12.3 Å². The lowest BCUT2D eigenvalue weighted by Gasteiger charge is -2.30. The van der Waals surface area contributed by atoms with Crippen molar-refractivity contribution in [3.8, 4) is 0 Å². The second-order valence-electron chi connectivity index (χ2n) is 9.68. The Labute approximate surface area is 248 Å². The largest absolute Gasteiger partial charge is 0.480 e. The molecule has 0 saturated heterocycles. The van der Waals surface area contributed by atoms with Crippen LogP contribution in [-0.2, 0) is 35.0 Å². The molecule has 11 heteroatoms. The van der Waals surface area contributed by atoms with Crippen LogP contribution in [0.4, 0.5) is 0 Å². The Kier molecular flexibility index (Phi) is 8.49. The average Bonchev–Trinajstić information content (AvgIpc) is 3.44. The van der Waals surface area contributed by atoms with Gasteiger partial charge in [-0.25, -0.2) is 4.79 Å². The number of hydrogen-bond acceptors (Lipinski definition) is 5. The van der Waals surface area contributed by atoms with Crippen molar-refractivity contribution in [1.29, 1.82) is 0 Å². The van der Waals surface area contributed by atoms with E-state index in [0.717, 1.165) is 5.39 Å². The first-order chi connectivity index (χ1) is 19.7. The van der Waals surface area contributed by atoms with Crippen LogP contribution < -0.4 is 5.32 Å². The van der Waals surface area contributed by atoms with E-state index in [1.54, 1.807) is 60.6 Å². The third-order valence-corrected chi connectivity index (χ3v) is 9.11. The highest BCUT2D eigenvalue weighted by atomic mass is 35.5. The number of carboxylic acids is 1. The number of carbonyl (C=O) groups is 3. The van der Waals surface area contributed by atoms with Gasteiger partial charge in [-0.05, 0) is 59.5 Å². The smallest absolute Gasteiger partial charge is 0.326 e. The molecule has 5 rings (SSSR count). The summed E-state index contributed by atoms with van der Waals surface area (Å²) in [4.78, 5) is 40.8. The second kappa shape index (κ2) is 12.1. The Morgan fingerprint density at radius 3 is 2.68 bits per heavy atom. The Balaban J connectivity index is 1.34. The van der Waals surface area contributed by atoms with Gasteiger partial charge in [0.1, 0.15) is 11.6 Å². The molecular formula is C30H26Cl2N2O6S. The minimum atomic E-state index is -1.27. The fourth-order valence-corrected chi connectivity index (χ4v) is 6.56. The molecule has 2 N–H and O–H groups in total. The van der Waals surface area contributed by atoms with Crippen molar-refractivity contribution in [3.05, 3.63) is 98.7 Å². The highest BCUT2D eigenvalue weighted by molar-refractivity contribution is 7.85. The van der Waals surface area contributed by atoms with Crippen molar-refractivity contribution < 1.29 is 28.1 Å². The Bertz CT molecular complexity index is 1700. The minimum absolute atomic E-state index is 0.0118. The predicted molar refractivity (Wildman–Crippen MR) is 157 cm³/mol. The molecule has 0 bridgehead atoms. The number of halogens is 2. The molecule has 0 aliphatic carbocycles. The summed E-state index contributed by atoms with van der Waals surface area (Å²) in [6.07, 6.45) is 1.95. The third-order valence-electron chi connectivity index (χ3n) is 7.09. The van der Waals surface area contributed by atoms with Gasteiger partial charge in [-0.2, -0.15) is 0 Å². The van der Waals surface area contributed by atoms with E-state index in [1.807, 2.05) is 12.1 Å². The normalized spacial score (nSPS) is 14.4. The van der Waals surface area contributed by atoms with Gasteiger partial charge >= 0.3 is 5.97 Å². The first-order valence-corrected chi connectivity index (χ1v) is 15.0. The van der Waals surface area contributed by atoms with Crippen molar-refractivity contribution >= 4 is 62.8 Å². The molecule has 8 nitrogen and oxygen atoms in total. The SMILES string of the molecule is CCS(=O)c1cccc(C[C@H](NC(=O)c2c(Cl)cc3c(c2Cl)CCN(C(=O)c2ccc4ccoc4c2)C3)C(=O)O)c1. The first-order valence-electron chi connectivity index (χ1n) is 12.9. The van der Waals surface area contributed by atoms with Gasteiger partial charge < -0.3 is 19.7 Å². The van der Waals surface area contributed by atoms with Crippen LogP contribution in [0.3, 0.4) is 0 Å². The number of fused-ring (bicyclic) bond motifs is 2. The van der Waals surface area contributed by atoms with Gasteiger partial charge in [0, 0.05) is 41.1 Å². The molecule has 0 spiro atoms. The Morgan fingerprint density at radius 2 is 1.93 bits per heavy atom. The van der Waals surface area contributed by atoms with E-state index >= 15 is 0 Å². The minimum Gasteiger partial charge on any atom is -0.480 e. The van der Waals surface area contributed by atoms with Gasteiger partial charge in [0.2, 0.25) is 0 Å². The van der Waals surface area contributed by atoms with Crippen LogP contribution in [0.1, 0.15) is 44.3 Å². The molecule has 2 atom stereocenters. The zero-order valence-corrected chi connectivity index (χ0v) is 24.3. The maximum atomic E-state index is 13.3. The number of benzene rings is 3. The second-order valence-corrected chi connectivity index (χ2v) is 12.2. The van der Waals surface area contributed by atoms with E-state index in [1.165, 1.54) is 0 Å². The number of nitrogens with one attached hydrogen (secondary N) is 1. The van der Waals surface area contributed by atoms with Gasteiger partial charge in [-0.15, -0.1) is 0 Å². The Morgan fingerprint density at radius 1 is 1.12 bits per heavy atom. The fourth-order valence-electron chi connectivity index (χ4n) is 4.95. The monoisotopic (exact) mass is 612 g/mol. The van der Waals surface area contributed by atoms with Crippen LogP contribution in [0.15, 0.2) is 70.2 Å². The van der Waals surface area contributed by atoms with Gasteiger partial charge in [0.05, 0.1) is 32.7 Å². The van der Waals surface area contributed by atoms with Crippen molar-refractivity contribution in [2.45, 2.75) is 37.2 Å². The van der Waals surface area contributed by atoms with Crippen molar-refractivity contribution in [1.82, 2.24) is 10.2 Å². The third kappa shape index (κ3) is 6.02. The van der Waals surface area contributed by atoms with E-state index in [-0.39, 0.29) is 34.5 Å². The number of hydrogen-bond donors (Lipinski definition) is 2. The van der Waals surface area contributed by atoms with E-state index < -0.39 is 28.7 Å². The van der Waals surface area contributed by atoms with Crippen LogP contribution in [0.25, 0.3) is 11.0 Å². The molecule has 2 heterocycles. The maximum absolute atomic E-state index is 13.3. The summed E-state index contributed by atoms with van der Waals surface area (Å²) in [5, 5.41) is 13.5. The van der Waals surface area contributed by atoms with E-state index in [2.05, 4.69) is 5.32 Å². The maximum Gasteiger partial charge on any atom is 0.326 e. The molecule has 0 radical (unpaired) electrons.